The molecule has 0 aliphatic carbocycles. The molecule has 1 rings (SSSR count). The summed E-state index contributed by atoms with van der Waals surface area (Å²) in [7, 11) is 0. The minimum absolute atomic E-state index is 0.217. The van der Waals surface area contributed by atoms with Crippen molar-refractivity contribution in [2.45, 2.75) is 34.1 Å². The molecule has 1 heteroatoms. The average molecular weight is 178 g/mol. The van der Waals surface area contributed by atoms with Crippen LogP contribution in [0.1, 0.15) is 31.9 Å². The zero-order valence-electron chi connectivity index (χ0n) is 8.92. The fraction of sp³-hybridized carbons (Fsp3) is 0.417. The first kappa shape index (κ1) is 11.9. The summed E-state index contributed by atoms with van der Waals surface area (Å²) in [6.45, 7) is 7.65. The van der Waals surface area contributed by atoms with Crippen LogP contribution in [0.5, 0.6) is 0 Å². The molecule has 0 radical (unpaired) electrons. The Morgan fingerprint density at radius 2 is 1.62 bits per heavy atom. The third kappa shape index (κ3) is 5.18. The van der Waals surface area contributed by atoms with Crippen molar-refractivity contribution in [2.24, 2.45) is 0 Å². The van der Waals surface area contributed by atoms with Gasteiger partial charge in [-0.05, 0) is 19.4 Å². The molecule has 1 aromatic carbocycles. The number of hydrogen-bond donors (Lipinski definition) is 0. The minimum atomic E-state index is 0.217. The molecular weight excluding hydrogens is 160 g/mol. The van der Waals surface area contributed by atoms with Crippen molar-refractivity contribution in [3.63, 3.8) is 0 Å². The lowest BCUT2D eigenvalue weighted by Gasteiger charge is -1.96. The number of hydrogen-bond acceptors (Lipinski definition) is 1. The molecule has 0 spiro atoms. The second-order valence-electron chi connectivity index (χ2n) is 2.86. The quantitative estimate of drug-likeness (QED) is 0.680. The fourth-order valence-electron chi connectivity index (χ4n) is 0.993. The second-order valence-corrected chi connectivity index (χ2v) is 2.86. The highest BCUT2D eigenvalue weighted by Crippen LogP contribution is 2.03. The molecule has 0 N–H and O–H groups in total. The van der Waals surface area contributed by atoms with Gasteiger partial charge in [0.15, 0.2) is 0 Å². The molecule has 0 saturated carbocycles. The first-order chi connectivity index (χ1) is 6.18. The Balaban J connectivity index is 0.000000671. The van der Waals surface area contributed by atoms with Crippen LogP contribution in [0.3, 0.4) is 0 Å². The molecule has 0 amide bonds. The van der Waals surface area contributed by atoms with Crippen LogP contribution in [-0.4, -0.2) is 5.78 Å². The summed E-state index contributed by atoms with van der Waals surface area (Å²) in [6, 6.07) is 8.05. The minimum Gasteiger partial charge on any atom is -0.300 e. The molecule has 0 aromatic heterocycles. The van der Waals surface area contributed by atoms with Gasteiger partial charge in [-0.2, -0.15) is 0 Å². The second kappa shape index (κ2) is 6.41. The third-order valence-corrected chi connectivity index (χ3v) is 1.57. The van der Waals surface area contributed by atoms with Gasteiger partial charge in [-0.1, -0.05) is 43.7 Å². The van der Waals surface area contributed by atoms with Crippen LogP contribution < -0.4 is 0 Å². The van der Waals surface area contributed by atoms with E-state index < -0.39 is 0 Å². The van der Waals surface area contributed by atoms with Gasteiger partial charge < -0.3 is 0 Å². The Bertz CT molecular complexity index is 246. The number of benzene rings is 1. The molecule has 0 atom stereocenters. The molecule has 13 heavy (non-hydrogen) atoms. The Morgan fingerprint density at radius 1 is 1.15 bits per heavy atom. The summed E-state index contributed by atoms with van der Waals surface area (Å²) in [5, 5.41) is 0. The van der Waals surface area contributed by atoms with E-state index in [-0.39, 0.29) is 5.78 Å². The summed E-state index contributed by atoms with van der Waals surface area (Å²) in [5.41, 5.74) is 2.33. The third-order valence-electron chi connectivity index (χ3n) is 1.57. The van der Waals surface area contributed by atoms with Gasteiger partial charge in [0, 0.05) is 6.42 Å². The van der Waals surface area contributed by atoms with E-state index in [1.807, 2.05) is 45.0 Å². The summed E-state index contributed by atoms with van der Waals surface area (Å²) in [4.78, 5) is 10.7. The lowest BCUT2D eigenvalue weighted by molar-refractivity contribution is -0.116. The van der Waals surface area contributed by atoms with Crippen LogP contribution in [0.25, 0.3) is 0 Å². The highest BCUT2D eigenvalue weighted by Gasteiger charge is 1.95. The summed E-state index contributed by atoms with van der Waals surface area (Å²) >= 11 is 0. The van der Waals surface area contributed by atoms with Crippen LogP contribution in [0.4, 0.5) is 0 Å². The lowest BCUT2D eigenvalue weighted by atomic mass is 10.1. The monoisotopic (exact) mass is 178 g/mol. The molecule has 0 saturated heterocycles. The summed E-state index contributed by atoms with van der Waals surface area (Å²) < 4.78 is 0. The van der Waals surface area contributed by atoms with E-state index in [0.717, 1.165) is 5.56 Å². The smallest absolute Gasteiger partial charge is 0.134 e. The van der Waals surface area contributed by atoms with Gasteiger partial charge in [-0.25, -0.2) is 0 Å². The molecule has 0 fully saturated rings. The fourth-order valence-corrected chi connectivity index (χ4v) is 0.993. The average Bonchev–Trinajstić information content (AvgIpc) is 2.12. The Labute approximate surface area is 80.8 Å². The van der Waals surface area contributed by atoms with E-state index in [2.05, 4.69) is 0 Å². The summed E-state index contributed by atoms with van der Waals surface area (Å²) in [5.74, 6) is 0.217. The van der Waals surface area contributed by atoms with Gasteiger partial charge in [0.25, 0.3) is 0 Å². The van der Waals surface area contributed by atoms with E-state index in [1.54, 1.807) is 6.92 Å². The van der Waals surface area contributed by atoms with Crippen LogP contribution in [0.2, 0.25) is 0 Å². The van der Waals surface area contributed by atoms with E-state index in [1.165, 1.54) is 5.56 Å². The van der Waals surface area contributed by atoms with Crippen LogP contribution in [0, 0.1) is 6.92 Å². The molecule has 1 aromatic rings. The predicted octanol–water partition coefficient (Wildman–Crippen LogP) is 3.15. The van der Waals surface area contributed by atoms with Crippen molar-refractivity contribution in [1.29, 1.82) is 0 Å². The Kier molecular flexibility index (Phi) is 5.86. The molecule has 0 aliphatic rings. The van der Waals surface area contributed by atoms with Crippen LogP contribution in [-0.2, 0) is 11.2 Å². The number of Topliss-reactive ketones (excluding diaryl/α,β-unsaturated/α-hetero) is 1. The van der Waals surface area contributed by atoms with E-state index in [9.17, 15) is 4.79 Å². The highest BCUT2D eigenvalue weighted by molar-refractivity contribution is 5.78. The predicted molar refractivity (Wildman–Crippen MR) is 56.9 cm³/mol. The van der Waals surface area contributed by atoms with Crippen molar-refractivity contribution in [2.75, 3.05) is 0 Å². The van der Waals surface area contributed by atoms with Crippen molar-refractivity contribution in [3.8, 4) is 0 Å². The van der Waals surface area contributed by atoms with E-state index in [0.29, 0.717) is 6.42 Å². The number of aryl methyl sites for hydroxylation is 1. The molecule has 0 bridgehead atoms. The van der Waals surface area contributed by atoms with Gasteiger partial charge in [0.1, 0.15) is 5.78 Å². The van der Waals surface area contributed by atoms with Crippen LogP contribution >= 0.6 is 0 Å². The number of rotatable bonds is 2. The van der Waals surface area contributed by atoms with Gasteiger partial charge in [0.05, 0.1) is 0 Å². The maximum Gasteiger partial charge on any atom is 0.134 e. The molecular formula is C12H18O. The van der Waals surface area contributed by atoms with Gasteiger partial charge in [-0.15, -0.1) is 0 Å². The zero-order chi connectivity index (χ0) is 10.3. The number of carbonyl (C=O) groups is 1. The zero-order valence-corrected chi connectivity index (χ0v) is 8.92. The lowest BCUT2D eigenvalue weighted by Crippen LogP contribution is -1.95. The Hall–Kier alpha value is -1.11. The van der Waals surface area contributed by atoms with E-state index >= 15 is 0 Å². The molecule has 0 heterocycles. The first-order valence-corrected chi connectivity index (χ1v) is 4.73. The van der Waals surface area contributed by atoms with E-state index in [4.69, 9.17) is 0 Å². The maximum absolute atomic E-state index is 10.7. The van der Waals surface area contributed by atoms with Gasteiger partial charge in [0.2, 0.25) is 0 Å². The summed E-state index contributed by atoms with van der Waals surface area (Å²) in [6.07, 6.45) is 0.556. The normalized spacial score (nSPS) is 8.62. The SMILES string of the molecule is CC.CC(=O)Cc1ccc(C)cc1. The van der Waals surface area contributed by atoms with Crippen molar-refractivity contribution in [1.82, 2.24) is 0 Å². The largest absolute Gasteiger partial charge is 0.300 e. The van der Waals surface area contributed by atoms with Crippen LogP contribution in [0.15, 0.2) is 24.3 Å². The highest BCUT2D eigenvalue weighted by atomic mass is 16.1. The number of ketones is 1. The topological polar surface area (TPSA) is 17.1 Å². The Morgan fingerprint density at radius 3 is 2.00 bits per heavy atom. The van der Waals surface area contributed by atoms with Crippen molar-refractivity contribution < 1.29 is 4.79 Å². The molecule has 0 aliphatic heterocycles. The standard InChI is InChI=1S/C10H12O.C2H6/c1-8-3-5-10(6-4-8)7-9(2)11;1-2/h3-6H,7H2,1-2H3;1-2H3. The molecule has 0 unspecified atom stereocenters. The van der Waals surface area contributed by atoms with Gasteiger partial charge >= 0.3 is 0 Å². The first-order valence-electron chi connectivity index (χ1n) is 4.73. The molecule has 72 valence electrons. The van der Waals surface area contributed by atoms with Crippen molar-refractivity contribution >= 4 is 5.78 Å². The van der Waals surface area contributed by atoms with Crippen molar-refractivity contribution in [3.05, 3.63) is 35.4 Å². The molecule has 1 nitrogen and oxygen atoms in total. The maximum atomic E-state index is 10.7. The van der Waals surface area contributed by atoms with Gasteiger partial charge in [-0.3, -0.25) is 4.79 Å². The number of carbonyl (C=O) groups excluding carboxylic acids is 1.